The highest BCUT2D eigenvalue weighted by Crippen LogP contribution is 2.35. The van der Waals surface area contributed by atoms with E-state index >= 15 is 0 Å². The zero-order valence-electron chi connectivity index (χ0n) is 21.3. The first-order chi connectivity index (χ1) is 18.7. The van der Waals surface area contributed by atoms with Crippen molar-refractivity contribution in [2.24, 2.45) is 5.92 Å². The van der Waals surface area contributed by atoms with Crippen LogP contribution in [-0.4, -0.2) is 64.9 Å². The molecule has 2 heterocycles. The molecule has 5 rings (SSSR count). The van der Waals surface area contributed by atoms with E-state index in [0.717, 1.165) is 29.2 Å². The van der Waals surface area contributed by atoms with Gasteiger partial charge >= 0.3 is 5.97 Å². The maximum absolute atomic E-state index is 13.7. The van der Waals surface area contributed by atoms with Gasteiger partial charge in [-0.05, 0) is 67.4 Å². The first kappa shape index (κ1) is 27.2. The van der Waals surface area contributed by atoms with Gasteiger partial charge in [0.05, 0.1) is 30.2 Å². The molecular formula is C29H31F3N2O5. The van der Waals surface area contributed by atoms with E-state index in [2.05, 4.69) is 5.32 Å². The predicted octanol–water partition coefficient (Wildman–Crippen LogP) is 3.69. The fourth-order valence-electron chi connectivity index (χ4n) is 5.97. The number of hydrogen-bond acceptors (Lipinski definition) is 5. The second-order valence-electron chi connectivity index (χ2n) is 10.5. The van der Waals surface area contributed by atoms with Crippen LogP contribution in [0.15, 0.2) is 42.0 Å². The summed E-state index contributed by atoms with van der Waals surface area (Å²) >= 11 is 0. The summed E-state index contributed by atoms with van der Waals surface area (Å²) in [4.78, 5) is 27.1. The molecule has 7 nitrogen and oxygen atoms in total. The highest BCUT2D eigenvalue weighted by molar-refractivity contribution is 5.99. The lowest BCUT2D eigenvalue weighted by Gasteiger charge is -2.44. The second kappa shape index (κ2) is 11.4. The molecule has 1 saturated heterocycles. The lowest BCUT2D eigenvalue weighted by Crippen LogP contribution is -2.62. The van der Waals surface area contributed by atoms with Crippen molar-refractivity contribution in [2.45, 2.75) is 56.7 Å². The third-order valence-corrected chi connectivity index (χ3v) is 7.90. The Labute approximate surface area is 224 Å². The Balaban J connectivity index is 1.24. The van der Waals surface area contributed by atoms with E-state index in [1.54, 1.807) is 4.90 Å². The third kappa shape index (κ3) is 5.67. The number of ether oxygens (including phenoxy) is 1. The zero-order chi connectivity index (χ0) is 27.7. The molecule has 2 bridgehead atoms. The Bertz CT molecular complexity index is 1280. The fourth-order valence-corrected chi connectivity index (χ4v) is 5.97. The Morgan fingerprint density at radius 2 is 1.77 bits per heavy atom. The van der Waals surface area contributed by atoms with E-state index < -0.39 is 47.2 Å². The van der Waals surface area contributed by atoms with Gasteiger partial charge in [-0.2, -0.15) is 4.39 Å². The van der Waals surface area contributed by atoms with Gasteiger partial charge in [0.25, 0.3) is 0 Å². The summed E-state index contributed by atoms with van der Waals surface area (Å²) in [7, 11) is 0. The minimum atomic E-state index is -1.35. The van der Waals surface area contributed by atoms with E-state index in [4.69, 9.17) is 4.74 Å². The van der Waals surface area contributed by atoms with Gasteiger partial charge in [0.2, 0.25) is 11.7 Å². The zero-order valence-corrected chi connectivity index (χ0v) is 21.3. The summed E-state index contributed by atoms with van der Waals surface area (Å²) < 4.78 is 45.9. The number of aliphatic hydroxyl groups is 1. The number of rotatable bonds is 8. The normalized spacial score (nSPS) is 24.7. The summed E-state index contributed by atoms with van der Waals surface area (Å²) in [6.07, 6.45) is 2.88. The number of aliphatic hydroxyl groups excluding tert-OH is 1. The lowest BCUT2D eigenvalue weighted by molar-refractivity contribution is -0.141. The number of amides is 1. The number of halogens is 3. The minimum absolute atomic E-state index is 0.00447. The second-order valence-corrected chi connectivity index (χ2v) is 10.5. The summed E-state index contributed by atoms with van der Waals surface area (Å²) in [6.45, 7) is 0.698. The van der Waals surface area contributed by atoms with Crippen molar-refractivity contribution in [2.75, 3.05) is 19.7 Å². The highest BCUT2D eigenvalue weighted by Gasteiger charge is 2.42. The van der Waals surface area contributed by atoms with Crippen molar-refractivity contribution >= 4 is 17.4 Å². The minimum Gasteiger partial charge on any atom is -0.488 e. The van der Waals surface area contributed by atoms with E-state index in [0.29, 0.717) is 44.7 Å². The molecule has 3 aliphatic rings. The first-order valence-corrected chi connectivity index (χ1v) is 13.3. The van der Waals surface area contributed by atoms with Gasteiger partial charge in [-0.3, -0.25) is 4.79 Å². The number of nitrogens with one attached hydrogen (secondary N) is 1. The fraction of sp³-hybridized carbons (Fsp3) is 0.448. The molecular weight excluding hydrogens is 513 g/mol. The van der Waals surface area contributed by atoms with Gasteiger partial charge in [-0.15, -0.1) is 0 Å². The number of benzene rings is 2. The van der Waals surface area contributed by atoms with Crippen molar-refractivity contribution < 1.29 is 37.7 Å². The van der Waals surface area contributed by atoms with Crippen LogP contribution in [0.5, 0.6) is 5.75 Å². The van der Waals surface area contributed by atoms with Crippen LogP contribution in [0.3, 0.4) is 0 Å². The number of carboxylic acids is 1. The smallest absolute Gasteiger partial charge is 0.333 e. The third-order valence-electron chi connectivity index (χ3n) is 7.90. The highest BCUT2D eigenvalue weighted by atomic mass is 19.2. The van der Waals surface area contributed by atoms with Gasteiger partial charge in [0.1, 0.15) is 0 Å². The van der Waals surface area contributed by atoms with Crippen LogP contribution in [0.2, 0.25) is 0 Å². The molecule has 0 radical (unpaired) electrons. The van der Waals surface area contributed by atoms with Crippen LogP contribution < -0.4 is 10.1 Å². The number of carbonyl (C=O) groups excluding carboxylic acids is 1. The van der Waals surface area contributed by atoms with Gasteiger partial charge in [-0.25, -0.2) is 13.6 Å². The van der Waals surface area contributed by atoms with Gasteiger partial charge in [0.15, 0.2) is 17.4 Å². The Morgan fingerprint density at radius 3 is 2.46 bits per heavy atom. The molecule has 2 aromatic rings. The number of carbonyl (C=O) groups is 2. The molecule has 0 aromatic heterocycles. The molecule has 2 aliphatic heterocycles. The summed E-state index contributed by atoms with van der Waals surface area (Å²) in [5.74, 6) is -5.76. The quantitative estimate of drug-likeness (QED) is 0.347. The number of aryl methyl sites for hydroxylation is 1. The summed E-state index contributed by atoms with van der Waals surface area (Å²) in [6, 6.07) is 8.39. The molecule has 1 amide bonds. The van der Waals surface area contributed by atoms with Crippen LogP contribution in [-0.2, 0) is 16.0 Å². The molecule has 2 fully saturated rings. The van der Waals surface area contributed by atoms with E-state index in [9.17, 15) is 33.0 Å². The van der Waals surface area contributed by atoms with E-state index in [1.807, 2.05) is 24.3 Å². The number of nitrogens with zero attached hydrogens (tertiary/aromatic N) is 1. The first-order valence-electron chi connectivity index (χ1n) is 13.3. The molecule has 1 saturated carbocycles. The molecule has 4 atom stereocenters. The van der Waals surface area contributed by atoms with Crippen LogP contribution in [0.1, 0.15) is 43.2 Å². The van der Waals surface area contributed by atoms with E-state index in [-0.39, 0.29) is 30.7 Å². The molecule has 1 aliphatic carbocycles. The van der Waals surface area contributed by atoms with Crippen molar-refractivity contribution in [3.05, 3.63) is 70.5 Å². The molecule has 2 aromatic carbocycles. The Morgan fingerprint density at radius 1 is 1.03 bits per heavy atom. The summed E-state index contributed by atoms with van der Waals surface area (Å²) in [5, 5.41) is 23.6. The number of carboxylic acid groups (broad SMARTS) is 1. The molecule has 0 spiro atoms. The van der Waals surface area contributed by atoms with Crippen molar-refractivity contribution in [3.63, 3.8) is 0 Å². The summed E-state index contributed by atoms with van der Waals surface area (Å²) in [5.41, 5.74) is 2.70. The number of piperazine rings is 1. The average Bonchev–Trinajstić information content (AvgIpc) is 3.35. The molecule has 39 heavy (non-hydrogen) atoms. The van der Waals surface area contributed by atoms with Crippen molar-refractivity contribution in [1.82, 2.24) is 10.2 Å². The standard InChI is InChI=1S/C29H31F3N2O5/c30-21-10-11-22(31)27(26(21)32)39-12-2-3-16-6-8-17(9-7-16)20-13-18-14-34(15-23(33-18)25(20)29(37)38)28(36)19-4-1-5-24(19)35/h6-11,18-19,23-24,33,35H,1-5,12-15H2,(H,37,38)/t18-,19-,23-,24+/m1/s1. The van der Waals surface area contributed by atoms with Crippen LogP contribution in [0.4, 0.5) is 13.2 Å². The molecule has 10 heteroatoms. The van der Waals surface area contributed by atoms with Gasteiger partial charge in [0, 0.05) is 19.1 Å². The maximum Gasteiger partial charge on any atom is 0.333 e. The van der Waals surface area contributed by atoms with Crippen LogP contribution >= 0.6 is 0 Å². The van der Waals surface area contributed by atoms with Crippen LogP contribution in [0.25, 0.3) is 5.57 Å². The predicted molar refractivity (Wildman–Crippen MR) is 136 cm³/mol. The largest absolute Gasteiger partial charge is 0.488 e. The number of hydrogen-bond donors (Lipinski definition) is 3. The van der Waals surface area contributed by atoms with Crippen LogP contribution in [0, 0.1) is 23.4 Å². The Hall–Kier alpha value is -3.37. The van der Waals surface area contributed by atoms with Gasteiger partial charge in [-0.1, -0.05) is 24.3 Å². The lowest BCUT2D eigenvalue weighted by atomic mass is 9.83. The SMILES string of the molecule is O=C(O)C1=C(c2ccc(CCCOc3c(F)ccc(F)c3F)cc2)C[C@@H]2CN(C(=O)[C@@H]3CCC[C@@H]3O)C[C@H]1N2. The van der Waals surface area contributed by atoms with Gasteiger partial charge < -0.3 is 25.2 Å². The average molecular weight is 545 g/mol. The van der Waals surface area contributed by atoms with Crippen molar-refractivity contribution in [1.29, 1.82) is 0 Å². The van der Waals surface area contributed by atoms with E-state index in [1.165, 1.54) is 0 Å². The number of fused-ring (bicyclic) bond motifs is 2. The topological polar surface area (TPSA) is 99.1 Å². The molecule has 208 valence electrons. The monoisotopic (exact) mass is 544 g/mol. The molecule has 0 unspecified atom stereocenters. The Kier molecular flexibility index (Phi) is 7.95. The van der Waals surface area contributed by atoms with Crippen molar-refractivity contribution in [3.8, 4) is 5.75 Å². The number of aliphatic carboxylic acids is 1. The maximum atomic E-state index is 13.7. The molecule has 3 N–H and O–H groups in total.